The number of ether oxygens (including phenoxy) is 5. The van der Waals surface area contributed by atoms with Crippen LogP contribution in [0.4, 0.5) is 0 Å². The molecule has 7 heteroatoms. The molecule has 3 aliphatic carbocycles. The van der Waals surface area contributed by atoms with Crippen LogP contribution >= 0.6 is 0 Å². The molecule has 0 aliphatic heterocycles. The van der Waals surface area contributed by atoms with Crippen LogP contribution in [0.1, 0.15) is 79.3 Å². The van der Waals surface area contributed by atoms with Gasteiger partial charge in [-0.15, -0.1) is 0 Å². The van der Waals surface area contributed by atoms with Crippen LogP contribution in [-0.2, 0) is 30.3 Å². The van der Waals surface area contributed by atoms with Gasteiger partial charge in [-0.2, -0.15) is 0 Å². The van der Waals surface area contributed by atoms with Crippen molar-refractivity contribution < 1.29 is 33.6 Å². The number of unbranched alkanes of at least 4 members (excludes halogenated alkanes) is 1. The van der Waals surface area contributed by atoms with Gasteiger partial charge in [0.25, 0.3) is 0 Å². The molecule has 0 aromatic heterocycles. The van der Waals surface area contributed by atoms with Crippen molar-refractivity contribution in [1.82, 2.24) is 0 Å². The lowest BCUT2D eigenvalue weighted by Gasteiger charge is -2.53. The van der Waals surface area contributed by atoms with Gasteiger partial charge in [0.05, 0.1) is 39.1 Å². The minimum Gasteiger partial charge on any atom is -0.508 e. The van der Waals surface area contributed by atoms with E-state index < -0.39 is 0 Å². The predicted molar refractivity (Wildman–Crippen MR) is 161 cm³/mol. The van der Waals surface area contributed by atoms with Gasteiger partial charge in [0.15, 0.2) is 5.78 Å². The van der Waals surface area contributed by atoms with E-state index >= 15 is 0 Å². The van der Waals surface area contributed by atoms with Gasteiger partial charge in [0.2, 0.25) is 0 Å². The minimum atomic E-state index is -0.0330. The summed E-state index contributed by atoms with van der Waals surface area (Å²) in [7, 11) is 1.67. The lowest BCUT2D eigenvalue weighted by Crippen LogP contribution is -2.49. The van der Waals surface area contributed by atoms with Crippen LogP contribution in [0.3, 0.4) is 0 Å². The van der Waals surface area contributed by atoms with Gasteiger partial charge in [-0.3, -0.25) is 4.79 Å². The summed E-state index contributed by atoms with van der Waals surface area (Å²) in [5.74, 6) is 1.45. The zero-order chi connectivity index (χ0) is 29.4. The van der Waals surface area contributed by atoms with Crippen LogP contribution < -0.4 is 0 Å². The fourth-order valence-corrected chi connectivity index (χ4v) is 8.05. The summed E-state index contributed by atoms with van der Waals surface area (Å²) in [5.41, 5.74) is 3.09. The standard InChI is InChI=1S/C35H48O7/c1-35-16-15-28-27-12-11-26(36)22-30(27)34(37)29(33(28)31(35)13-14-32(35)42-24-38-2)10-6-7-17-39-18-19-40-20-21-41-23-25-8-4-3-5-9-25/h3-5,8-9,11-12,22,28-29,31-33,36H,6-7,10,13-21,23-24H2,1-2H3/t28-,29+,31+,32+,33+,35+/m1/s1. The Bertz CT molecular complexity index is 1140. The Morgan fingerprint density at radius 2 is 1.67 bits per heavy atom. The van der Waals surface area contributed by atoms with Crippen LogP contribution in [-0.4, -0.2) is 63.9 Å². The van der Waals surface area contributed by atoms with Crippen molar-refractivity contribution in [1.29, 1.82) is 0 Å². The van der Waals surface area contributed by atoms with E-state index in [0.717, 1.165) is 61.6 Å². The molecule has 0 bridgehead atoms. The number of phenolic OH excluding ortho intramolecular Hbond substituents is 1. The van der Waals surface area contributed by atoms with Crippen LogP contribution in [0, 0.1) is 23.2 Å². The molecule has 6 atom stereocenters. The Labute approximate surface area is 250 Å². The lowest BCUT2D eigenvalue weighted by molar-refractivity contribution is -0.127. The average molecular weight is 581 g/mol. The zero-order valence-corrected chi connectivity index (χ0v) is 25.3. The number of hydrogen-bond donors (Lipinski definition) is 1. The van der Waals surface area contributed by atoms with E-state index in [1.807, 2.05) is 24.3 Å². The number of methoxy groups -OCH3 is 1. The average Bonchev–Trinajstić information content (AvgIpc) is 3.34. The van der Waals surface area contributed by atoms with Crippen LogP contribution in [0.25, 0.3) is 0 Å². The van der Waals surface area contributed by atoms with Crippen molar-refractivity contribution in [2.75, 3.05) is 46.9 Å². The number of aromatic hydroxyl groups is 1. The summed E-state index contributed by atoms with van der Waals surface area (Å²) < 4.78 is 28.5. The molecule has 0 spiro atoms. The van der Waals surface area contributed by atoms with Crippen LogP contribution in [0.2, 0.25) is 0 Å². The molecule has 0 amide bonds. The fourth-order valence-electron chi connectivity index (χ4n) is 8.05. The summed E-state index contributed by atoms with van der Waals surface area (Å²) in [6, 6.07) is 15.6. The third kappa shape index (κ3) is 7.08. The van der Waals surface area contributed by atoms with Crippen LogP contribution in [0.5, 0.6) is 5.75 Å². The summed E-state index contributed by atoms with van der Waals surface area (Å²) in [6.45, 7) is 6.17. The number of Topliss-reactive ketones (excluding diaryl/α,β-unsaturated/α-hetero) is 1. The lowest BCUT2D eigenvalue weighted by atomic mass is 9.51. The Morgan fingerprint density at radius 1 is 0.905 bits per heavy atom. The monoisotopic (exact) mass is 580 g/mol. The van der Waals surface area contributed by atoms with Gasteiger partial charge in [0.1, 0.15) is 12.5 Å². The molecule has 5 rings (SSSR count). The highest BCUT2D eigenvalue weighted by Crippen LogP contribution is 2.63. The van der Waals surface area contributed by atoms with Crippen LogP contribution in [0.15, 0.2) is 48.5 Å². The highest BCUT2D eigenvalue weighted by atomic mass is 16.7. The molecular formula is C35H48O7. The number of benzene rings is 2. The number of hydrogen-bond acceptors (Lipinski definition) is 7. The molecule has 2 fully saturated rings. The predicted octanol–water partition coefficient (Wildman–Crippen LogP) is 6.52. The topological polar surface area (TPSA) is 83.5 Å². The molecule has 0 radical (unpaired) electrons. The van der Waals surface area contributed by atoms with Crippen molar-refractivity contribution in [2.45, 2.75) is 70.5 Å². The molecule has 0 unspecified atom stereocenters. The normalized spacial score (nSPS) is 28.3. The molecule has 42 heavy (non-hydrogen) atoms. The summed E-state index contributed by atoms with van der Waals surface area (Å²) in [4.78, 5) is 13.9. The fraction of sp³-hybridized carbons (Fsp3) is 0.629. The highest BCUT2D eigenvalue weighted by Gasteiger charge is 2.58. The van der Waals surface area contributed by atoms with Gasteiger partial charge in [-0.25, -0.2) is 0 Å². The maximum atomic E-state index is 13.9. The molecule has 230 valence electrons. The third-order valence-corrected chi connectivity index (χ3v) is 10.0. The Hall–Kier alpha value is -2.29. The van der Waals surface area contributed by atoms with Gasteiger partial charge < -0.3 is 28.8 Å². The third-order valence-electron chi connectivity index (χ3n) is 10.0. The second kappa shape index (κ2) is 14.9. The van der Waals surface area contributed by atoms with E-state index in [9.17, 15) is 9.90 Å². The highest BCUT2D eigenvalue weighted by molar-refractivity contribution is 6.01. The summed E-state index contributed by atoms with van der Waals surface area (Å²) >= 11 is 0. The summed E-state index contributed by atoms with van der Waals surface area (Å²) in [5, 5.41) is 10.2. The van der Waals surface area contributed by atoms with Gasteiger partial charge in [-0.05, 0) is 85.0 Å². The van der Waals surface area contributed by atoms with Crippen molar-refractivity contribution in [2.24, 2.45) is 23.2 Å². The van der Waals surface area contributed by atoms with E-state index in [2.05, 4.69) is 19.1 Å². The first-order valence-electron chi connectivity index (χ1n) is 15.8. The number of rotatable bonds is 16. The SMILES string of the molecule is COCO[C@H]1CC[C@H]2[C@@H]3[C@H](CCCCOCCOCCOCc4ccccc4)C(=O)c4cc(O)ccc4[C@H]3CC[C@]12C. The largest absolute Gasteiger partial charge is 0.508 e. The number of carbonyl (C=O) groups excluding carboxylic acids is 1. The molecule has 0 heterocycles. The van der Waals surface area contributed by atoms with E-state index in [1.165, 1.54) is 0 Å². The molecular weight excluding hydrogens is 532 g/mol. The van der Waals surface area contributed by atoms with Crippen molar-refractivity contribution in [3.63, 3.8) is 0 Å². The second-order valence-corrected chi connectivity index (χ2v) is 12.5. The van der Waals surface area contributed by atoms with E-state index in [1.54, 1.807) is 19.2 Å². The molecule has 2 aromatic rings. The van der Waals surface area contributed by atoms with Gasteiger partial charge in [0, 0.05) is 25.2 Å². The Balaban J connectivity index is 1.08. The van der Waals surface area contributed by atoms with Gasteiger partial charge in [-0.1, -0.05) is 49.7 Å². The first-order valence-corrected chi connectivity index (χ1v) is 15.8. The van der Waals surface area contributed by atoms with E-state index in [0.29, 0.717) is 64.2 Å². The smallest absolute Gasteiger partial charge is 0.166 e. The molecule has 3 aliphatic rings. The molecule has 7 nitrogen and oxygen atoms in total. The van der Waals surface area contributed by atoms with E-state index in [4.69, 9.17) is 23.7 Å². The quantitative estimate of drug-likeness (QED) is 0.179. The minimum absolute atomic E-state index is 0.0330. The number of fused-ring (bicyclic) bond motifs is 5. The summed E-state index contributed by atoms with van der Waals surface area (Å²) in [6.07, 6.45) is 7.12. The molecule has 0 saturated heterocycles. The van der Waals surface area contributed by atoms with E-state index in [-0.39, 0.29) is 29.0 Å². The van der Waals surface area contributed by atoms with Crippen molar-refractivity contribution >= 4 is 5.78 Å². The maximum Gasteiger partial charge on any atom is 0.166 e. The Morgan fingerprint density at radius 3 is 2.45 bits per heavy atom. The zero-order valence-electron chi connectivity index (χ0n) is 25.3. The first-order chi connectivity index (χ1) is 20.5. The number of ketones is 1. The second-order valence-electron chi connectivity index (χ2n) is 12.5. The molecule has 2 saturated carbocycles. The number of phenols is 1. The Kier molecular flexibility index (Phi) is 11.1. The van der Waals surface area contributed by atoms with Crippen molar-refractivity contribution in [3.05, 3.63) is 65.2 Å². The molecule has 2 aromatic carbocycles. The first kappa shape index (κ1) is 31.1. The van der Waals surface area contributed by atoms with Gasteiger partial charge >= 0.3 is 0 Å². The number of carbonyl (C=O) groups is 1. The molecule has 1 N–H and O–H groups in total. The maximum absolute atomic E-state index is 13.9. The van der Waals surface area contributed by atoms with Crippen molar-refractivity contribution in [3.8, 4) is 5.75 Å².